The van der Waals surface area contributed by atoms with Crippen LogP contribution >= 0.6 is 0 Å². The average molecular weight is 338 g/mol. The Bertz CT molecular complexity index is 973. The summed E-state index contributed by atoms with van der Waals surface area (Å²) in [5.41, 5.74) is 11.8. The van der Waals surface area contributed by atoms with Crippen molar-refractivity contribution < 1.29 is 13.9 Å². The summed E-state index contributed by atoms with van der Waals surface area (Å²) in [6, 6.07) is 11.3. The number of rotatable bonds is 5. The van der Waals surface area contributed by atoms with Crippen molar-refractivity contribution in [3.63, 3.8) is 0 Å². The van der Waals surface area contributed by atoms with Gasteiger partial charge in [-0.15, -0.1) is 0 Å². The van der Waals surface area contributed by atoms with Gasteiger partial charge in [-0.05, 0) is 66.0 Å². The molecule has 1 aromatic carbocycles. The van der Waals surface area contributed by atoms with Crippen LogP contribution in [0.15, 0.2) is 53.8 Å². The van der Waals surface area contributed by atoms with Gasteiger partial charge in [-0.25, -0.2) is 9.18 Å². The highest BCUT2D eigenvalue weighted by molar-refractivity contribution is 5.99. The third-order valence-corrected chi connectivity index (χ3v) is 3.77. The molecule has 2 aromatic heterocycles. The van der Waals surface area contributed by atoms with Crippen LogP contribution in [-0.4, -0.2) is 17.0 Å². The predicted molar refractivity (Wildman–Crippen MR) is 91.6 cm³/mol. The minimum Gasteiger partial charge on any atom is -0.462 e. The minimum atomic E-state index is -0.442. The van der Waals surface area contributed by atoms with Crippen LogP contribution in [0, 0.1) is 5.82 Å². The lowest BCUT2D eigenvalue weighted by Gasteiger charge is -2.07. The van der Waals surface area contributed by atoms with E-state index >= 15 is 0 Å². The summed E-state index contributed by atoms with van der Waals surface area (Å²) in [6.45, 7) is 2.22. The molecule has 0 saturated carbocycles. The van der Waals surface area contributed by atoms with Crippen LogP contribution in [0.5, 0.6) is 0 Å². The van der Waals surface area contributed by atoms with E-state index in [9.17, 15) is 9.18 Å². The first-order valence-corrected chi connectivity index (χ1v) is 7.72. The number of hydrogen-bond acceptors (Lipinski definition) is 3. The van der Waals surface area contributed by atoms with E-state index in [1.807, 2.05) is 16.5 Å². The zero-order chi connectivity index (χ0) is 17.8. The molecular formula is C18H15FN4O2. The quantitative estimate of drug-likeness (QED) is 0.292. The number of aromatic nitrogens is 1. The molecule has 0 unspecified atom stereocenters. The molecule has 0 amide bonds. The van der Waals surface area contributed by atoms with E-state index in [1.165, 1.54) is 12.1 Å². The monoisotopic (exact) mass is 338 g/mol. The summed E-state index contributed by atoms with van der Waals surface area (Å²) in [6.07, 6.45) is 1.79. The summed E-state index contributed by atoms with van der Waals surface area (Å²) >= 11 is 0. The lowest BCUT2D eigenvalue weighted by Crippen LogP contribution is -2.05. The number of fused-ring (bicyclic) bond motifs is 1. The van der Waals surface area contributed by atoms with Crippen LogP contribution in [0.4, 0.5) is 4.39 Å². The first-order chi connectivity index (χ1) is 12.1. The van der Waals surface area contributed by atoms with E-state index < -0.39 is 5.97 Å². The van der Waals surface area contributed by atoms with Gasteiger partial charge in [-0.2, -0.15) is 0 Å². The molecule has 126 valence electrons. The van der Waals surface area contributed by atoms with E-state index in [1.54, 1.807) is 31.3 Å². The number of hydrogen-bond donors (Lipinski definition) is 0. The van der Waals surface area contributed by atoms with Crippen molar-refractivity contribution in [1.29, 1.82) is 0 Å². The second-order valence-electron chi connectivity index (χ2n) is 5.35. The standard InChI is InChI=1S/C18H15FN4O2/c1-2-25-18(24)16-10-15-9-12(11-21-22-20)7-8-23(15)17(16)13-3-5-14(19)6-4-13/h3-10H,2,11H2,1H3. The van der Waals surface area contributed by atoms with Gasteiger partial charge in [0, 0.05) is 16.6 Å². The van der Waals surface area contributed by atoms with Crippen molar-refractivity contribution >= 4 is 11.5 Å². The fourth-order valence-corrected chi connectivity index (χ4v) is 2.70. The summed E-state index contributed by atoms with van der Waals surface area (Å²) in [4.78, 5) is 15.1. The van der Waals surface area contributed by atoms with Crippen LogP contribution in [0.1, 0.15) is 22.8 Å². The van der Waals surface area contributed by atoms with Crippen LogP contribution in [0.3, 0.4) is 0 Å². The van der Waals surface area contributed by atoms with E-state index in [0.717, 1.165) is 11.1 Å². The molecule has 0 aliphatic carbocycles. The first kappa shape index (κ1) is 16.5. The van der Waals surface area contributed by atoms with Crippen molar-refractivity contribution in [2.45, 2.75) is 13.5 Å². The lowest BCUT2D eigenvalue weighted by atomic mass is 10.1. The summed E-state index contributed by atoms with van der Waals surface area (Å²) in [5.74, 6) is -0.791. The predicted octanol–water partition coefficient (Wildman–Crippen LogP) is 4.73. The van der Waals surface area contributed by atoms with Gasteiger partial charge >= 0.3 is 5.97 Å². The van der Waals surface area contributed by atoms with E-state index in [0.29, 0.717) is 16.8 Å². The Balaban J connectivity index is 2.19. The maximum absolute atomic E-state index is 13.3. The largest absolute Gasteiger partial charge is 0.462 e. The molecule has 0 N–H and O–H groups in total. The molecular weight excluding hydrogens is 323 g/mol. The van der Waals surface area contributed by atoms with Crippen LogP contribution in [0.2, 0.25) is 0 Å². The third kappa shape index (κ3) is 3.32. The Morgan fingerprint density at radius 2 is 2.04 bits per heavy atom. The lowest BCUT2D eigenvalue weighted by molar-refractivity contribution is 0.0527. The highest BCUT2D eigenvalue weighted by Gasteiger charge is 2.19. The number of benzene rings is 1. The molecule has 3 aromatic rings. The van der Waals surface area contributed by atoms with Crippen molar-refractivity contribution in [3.8, 4) is 11.3 Å². The number of pyridine rings is 1. The molecule has 0 aliphatic heterocycles. The molecule has 25 heavy (non-hydrogen) atoms. The fraction of sp³-hybridized carbons (Fsp3) is 0.167. The van der Waals surface area contributed by atoms with Crippen LogP contribution < -0.4 is 0 Å². The van der Waals surface area contributed by atoms with Gasteiger partial charge in [0.05, 0.1) is 24.4 Å². The molecule has 2 heterocycles. The second kappa shape index (κ2) is 7.07. The Morgan fingerprint density at radius 1 is 1.28 bits per heavy atom. The molecule has 0 aliphatic rings. The van der Waals surface area contributed by atoms with Crippen molar-refractivity contribution in [2.75, 3.05) is 6.61 Å². The Kier molecular flexibility index (Phi) is 4.68. The topological polar surface area (TPSA) is 79.5 Å². The zero-order valence-electron chi connectivity index (χ0n) is 13.5. The fourth-order valence-electron chi connectivity index (χ4n) is 2.70. The summed E-state index contributed by atoms with van der Waals surface area (Å²) in [5, 5.41) is 3.55. The summed E-state index contributed by atoms with van der Waals surface area (Å²) in [7, 11) is 0. The van der Waals surface area contributed by atoms with Crippen molar-refractivity contribution in [3.05, 3.63) is 76.0 Å². The summed E-state index contributed by atoms with van der Waals surface area (Å²) < 4.78 is 20.2. The molecule has 0 spiro atoms. The first-order valence-electron chi connectivity index (χ1n) is 7.72. The van der Waals surface area contributed by atoms with E-state index in [2.05, 4.69) is 10.0 Å². The molecule has 3 rings (SSSR count). The van der Waals surface area contributed by atoms with Gasteiger partial charge < -0.3 is 9.14 Å². The van der Waals surface area contributed by atoms with Gasteiger partial charge in [0.25, 0.3) is 0 Å². The van der Waals surface area contributed by atoms with Gasteiger partial charge in [0.1, 0.15) is 5.82 Å². The number of azide groups is 1. The number of ether oxygens (including phenoxy) is 1. The molecule has 6 nitrogen and oxygen atoms in total. The number of carbonyl (C=O) groups is 1. The van der Waals surface area contributed by atoms with E-state index in [4.69, 9.17) is 10.3 Å². The van der Waals surface area contributed by atoms with Crippen molar-refractivity contribution in [1.82, 2.24) is 4.40 Å². The minimum absolute atomic E-state index is 0.221. The van der Waals surface area contributed by atoms with Crippen LogP contribution in [-0.2, 0) is 11.3 Å². The number of carbonyl (C=O) groups excluding carboxylic acids is 1. The van der Waals surface area contributed by atoms with Gasteiger partial charge in [0.2, 0.25) is 0 Å². The van der Waals surface area contributed by atoms with Gasteiger partial charge in [-0.1, -0.05) is 5.11 Å². The third-order valence-electron chi connectivity index (χ3n) is 3.77. The Hall–Kier alpha value is -3.31. The zero-order valence-corrected chi connectivity index (χ0v) is 13.5. The van der Waals surface area contributed by atoms with Crippen molar-refractivity contribution in [2.24, 2.45) is 5.11 Å². The molecule has 7 heteroatoms. The van der Waals surface area contributed by atoms with Gasteiger partial charge in [0.15, 0.2) is 0 Å². The normalized spacial score (nSPS) is 10.5. The molecule has 0 saturated heterocycles. The smallest absolute Gasteiger partial charge is 0.340 e. The maximum Gasteiger partial charge on any atom is 0.340 e. The molecule has 0 atom stereocenters. The number of nitrogens with zero attached hydrogens (tertiary/aromatic N) is 4. The average Bonchev–Trinajstić information content (AvgIpc) is 2.99. The number of halogens is 1. The van der Waals surface area contributed by atoms with Crippen LogP contribution in [0.25, 0.3) is 27.2 Å². The van der Waals surface area contributed by atoms with Gasteiger partial charge in [-0.3, -0.25) is 0 Å². The molecule has 0 radical (unpaired) electrons. The molecule has 0 bridgehead atoms. The molecule has 0 fully saturated rings. The highest BCUT2D eigenvalue weighted by Crippen LogP contribution is 2.29. The Morgan fingerprint density at radius 3 is 2.72 bits per heavy atom. The highest BCUT2D eigenvalue weighted by atomic mass is 19.1. The maximum atomic E-state index is 13.3. The number of esters is 1. The van der Waals surface area contributed by atoms with E-state index in [-0.39, 0.29) is 19.0 Å². The Labute approximate surface area is 143 Å². The SMILES string of the molecule is CCOC(=O)c1cc2cc(CN=[N+]=[N-])ccn2c1-c1ccc(F)cc1. The second-order valence-corrected chi connectivity index (χ2v) is 5.35.